The van der Waals surface area contributed by atoms with Crippen LogP contribution in [-0.4, -0.2) is 30.0 Å². The van der Waals surface area contributed by atoms with Crippen LogP contribution in [0, 0.1) is 16.7 Å². The second-order valence-electron chi connectivity index (χ2n) is 4.05. The maximum atomic E-state index is 8.36. The number of guanidine groups is 1. The molecule has 0 heterocycles. The van der Waals surface area contributed by atoms with Crippen LogP contribution in [0.15, 0.2) is 0 Å². The largest absolute Gasteiger partial charge is 0.352 e. The highest BCUT2D eigenvalue weighted by Crippen LogP contribution is 1.99. The van der Waals surface area contributed by atoms with Gasteiger partial charge in [0.2, 0.25) is 0 Å². The molecule has 0 saturated carbocycles. The molecule has 0 bridgehead atoms. The summed E-state index contributed by atoms with van der Waals surface area (Å²) in [6, 6.07) is 2.05. The highest BCUT2D eigenvalue weighted by atomic mass is 15.3. The topological polar surface area (TPSA) is 62.9 Å². The Morgan fingerprint density at radius 2 is 2.08 bits per heavy atom. The van der Waals surface area contributed by atoms with Crippen molar-refractivity contribution in [2.75, 3.05) is 13.6 Å². The van der Waals surface area contributed by atoms with Gasteiger partial charge < -0.3 is 10.2 Å². The van der Waals surface area contributed by atoms with Crippen LogP contribution in [0.4, 0.5) is 0 Å². The second kappa shape index (κ2) is 4.70. The summed E-state index contributed by atoms with van der Waals surface area (Å²) in [7, 11) is 1.80. The SMILES string of the molecule is CN(CCC#N)C(=N)NC(C)(C)C. The van der Waals surface area contributed by atoms with Gasteiger partial charge in [-0.3, -0.25) is 5.41 Å². The number of rotatable bonds is 2. The minimum atomic E-state index is -0.0992. The summed E-state index contributed by atoms with van der Waals surface area (Å²) in [4.78, 5) is 1.73. The van der Waals surface area contributed by atoms with Crippen molar-refractivity contribution in [2.45, 2.75) is 32.7 Å². The summed E-state index contributed by atoms with van der Waals surface area (Å²) in [5.41, 5.74) is -0.0992. The molecule has 74 valence electrons. The van der Waals surface area contributed by atoms with E-state index in [1.165, 1.54) is 0 Å². The molecule has 0 aliphatic carbocycles. The van der Waals surface area contributed by atoms with Crippen molar-refractivity contribution in [3.05, 3.63) is 0 Å². The smallest absolute Gasteiger partial charge is 0.191 e. The quantitative estimate of drug-likeness (QED) is 0.497. The molecule has 0 amide bonds. The van der Waals surface area contributed by atoms with Crippen LogP contribution in [0.1, 0.15) is 27.2 Å². The van der Waals surface area contributed by atoms with Gasteiger partial charge >= 0.3 is 0 Å². The Kier molecular flexibility index (Phi) is 4.26. The van der Waals surface area contributed by atoms with Gasteiger partial charge in [0.1, 0.15) is 0 Å². The number of nitrogens with one attached hydrogen (secondary N) is 2. The van der Waals surface area contributed by atoms with Gasteiger partial charge in [-0.2, -0.15) is 5.26 Å². The van der Waals surface area contributed by atoms with E-state index in [0.717, 1.165) is 0 Å². The van der Waals surface area contributed by atoms with Gasteiger partial charge in [-0.15, -0.1) is 0 Å². The van der Waals surface area contributed by atoms with Crippen LogP contribution in [0.3, 0.4) is 0 Å². The zero-order valence-electron chi connectivity index (χ0n) is 8.81. The molecule has 0 aromatic heterocycles. The van der Waals surface area contributed by atoms with Gasteiger partial charge in [0.05, 0.1) is 12.5 Å². The lowest BCUT2D eigenvalue weighted by Gasteiger charge is -2.27. The number of hydrogen-bond donors (Lipinski definition) is 2. The van der Waals surface area contributed by atoms with Crippen molar-refractivity contribution in [2.24, 2.45) is 0 Å². The first-order valence-corrected chi connectivity index (χ1v) is 4.31. The summed E-state index contributed by atoms with van der Waals surface area (Å²) in [6.07, 6.45) is 0.449. The van der Waals surface area contributed by atoms with Crippen molar-refractivity contribution in [3.8, 4) is 6.07 Å². The fraction of sp³-hybridized carbons (Fsp3) is 0.778. The molecule has 0 aliphatic rings. The van der Waals surface area contributed by atoms with Crippen molar-refractivity contribution in [1.82, 2.24) is 10.2 Å². The molecule has 0 unspecified atom stereocenters. The van der Waals surface area contributed by atoms with E-state index in [9.17, 15) is 0 Å². The van der Waals surface area contributed by atoms with E-state index in [2.05, 4.69) is 11.4 Å². The molecule has 13 heavy (non-hydrogen) atoms. The molecule has 2 N–H and O–H groups in total. The standard InChI is InChI=1S/C9H18N4/c1-9(2,3)12-8(11)13(4)7-5-6-10/h5,7H2,1-4H3,(H2,11,12). The third-order valence-corrected chi connectivity index (χ3v) is 1.43. The van der Waals surface area contributed by atoms with Crippen LogP contribution < -0.4 is 5.32 Å². The molecular weight excluding hydrogens is 164 g/mol. The molecule has 0 saturated heterocycles. The summed E-state index contributed by atoms with van der Waals surface area (Å²) in [5, 5.41) is 19.0. The minimum absolute atomic E-state index is 0.0992. The Morgan fingerprint density at radius 3 is 2.46 bits per heavy atom. The first-order chi connectivity index (χ1) is 5.87. The van der Waals surface area contributed by atoms with E-state index >= 15 is 0 Å². The molecule has 0 aliphatic heterocycles. The molecule has 0 fully saturated rings. The van der Waals surface area contributed by atoms with Gasteiger partial charge in [-0.1, -0.05) is 0 Å². The van der Waals surface area contributed by atoms with Gasteiger partial charge in [0, 0.05) is 19.1 Å². The summed E-state index contributed by atoms with van der Waals surface area (Å²) in [6.45, 7) is 6.59. The van der Waals surface area contributed by atoms with E-state index in [4.69, 9.17) is 10.7 Å². The maximum Gasteiger partial charge on any atom is 0.191 e. The van der Waals surface area contributed by atoms with Gasteiger partial charge in [-0.05, 0) is 20.8 Å². The lowest BCUT2D eigenvalue weighted by molar-refractivity contribution is 0.432. The fourth-order valence-corrected chi connectivity index (χ4v) is 0.780. The average molecular weight is 182 g/mol. The highest BCUT2D eigenvalue weighted by Gasteiger charge is 2.13. The normalized spacial score (nSPS) is 10.4. The number of nitrogens with zero attached hydrogens (tertiary/aromatic N) is 2. The van der Waals surface area contributed by atoms with Gasteiger partial charge in [0.15, 0.2) is 5.96 Å². The van der Waals surface area contributed by atoms with E-state index in [-0.39, 0.29) is 5.54 Å². The summed E-state index contributed by atoms with van der Waals surface area (Å²) in [5.74, 6) is 0.364. The molecule has 0 rings (SSSR count). The molecule has 0 aromatic rings. The Labute approximate surface area is 80.0 Å². The van der Waals surface area contributed by atoms with Crippen molar-refractivity contribution in [3.63, 3.8) is 0 Å². The lowest BCUT2D eigenvalue weighted by Crippen LogP contribution is -2.47. The maximum absolute atomic E-state index is 8.36. The van der Waals surface area contributed by atoms with Gasteiger partial charge in [-0.25, -0.2) is 0 Å². The van der Waals surface area contributed by atoms with Gasteiger partial charge in [0.25, 0.3) is 0 Å². The van der Waals surface area contributed by atoms with E-state index in [1.54, 1.807) is 11.9 Å². The van der Waals surface area contributed by atoms with Crippen molar-refractivity contribution >= 4 is 5.96 Å². The average Bonchev–Trinajstić information content (AvgIpc) is 1.96. The van der Waals surface area contributed by atoms with Crippen LogP contribution in [0.25, 0.3) is 0 Å². The predicted octanol–water partition coefficient (Wildman–Crippen LogP) is 1.15. The third kappa shape index (κ3) is 5.97. The molecule has 0 atom stereocenters. The number of hydrogen-bond acceptors (Lipinski definition) is 2. The fourth-order valence-electron chi connectivity index (χ4n) is 0.780. The molecule has 4 heteroatoms. The molecule has 0 radical (unpaired) electrons. The van der Waals surface area contributed by atoms with Crippen LogP contribution >= 0.6 is 0 Å². The van der Waals surface area contributed by atoms with Crippen molar-refractivity contribution < 1.29 is 0 Å². The molecule has 0 aromatic carbocycles. The monoisotopic (exact) mass is 182 g/mol. The zero-order chi connectivity index (χ0) is 10.5. The highest BCUT2D eigenvalue weighted by molar-refractivity contribution is 5.77. The van der Waals surface area contributed by atoms with Crippen LogP contribution in [0.5, 0.6) is 0 Å². The lowest BCUT2D eigenvalue weighted by atomic mass is 10.1. The zero-order valence-corrected chi connectivity index (χ0v) is 8.81. The van der Waals surface area contributed by atoms with Crippen LogP contribution in [0.2, 0.25) is 0 Å². The minimum Gasteiger partial charge on any atom is -0.352 e. The Balaban J connectivity index is 3.91. The first-order valence-electron chi connectivity index (χ1n) is 4.31. The Hall–Kier alpha value is -1.24. The molecular formula is C9H18N4. The van der Waals surface area contributed by atoms with E-state index < -0.39 is 0 Å². The molecule has 4 nitrogen and oxygen atoms in total. The second-order valence-corrected chi connectivity index (χ2v) is 4.05. The Morgan fingerprint density at radius 1 is 1.54 bits per heavy atom. The predicted molar refractivity (Wildman–Crippen MR) is 53.5 cm³/mol. The summed E-state index contributed by atoms with van der Waals surface area (Å²) >= 11 is 0. The summed E-state index contributed by atoms with van der Waals surface area (Å²) < 4.78 is 0. The Bertz CT molecular complexity index is 209. The molecule has 0 spiro atoms. The van der Waals surface area contributed by atoms with E-state index in [0.29, 0.717) is 18.9 Å². The first kappa shape index (κ1) is 11.8. The number of nitriles is 1. The van der Waals surface area contributed by atoms with E-state index in [1.807, 2.05) is 20.8 Å². The van der Waals surface area contributed by atoms with Crippen LogP contribution in [-0.2, 0) is 0 Å². The van der Waals surface area contributed by atoms with Crippen molar-refractivity contribution in [1.29, 1.82) is 10.7 Å². The third-order valence-electron chi connectivity index (χ3n) is 1.43.